The van der Waals surface area contributed by atoms with Gasteiger partial charge in [0.1, 0.15) is 5.82 Å². The Labute approximate surface area is 157 Å². The SMILES string of the molecule is O=C(/C=C/c1ccccc1Cl)Nc1ccc(-c2cnc3n2CCC3)cc1. The summed E-state index contributed by atoms with van der Waals surface area (Å²) in [5, 5.41) is 3.48. The number of imidazole rings is 1. The Bertz CT molecular complexity index is 973. The van der Waals surface area contributed by atoms with Gasteiger partial charge >= 0.3 is 0 Å². The van der Waals surface area contributed by atoms with Crippen LogP contribution >= 0.6 is 11.6 Å². The third kappa shape index (κ3) is 3.41. The second kappa shape index (κ2) is 7.18. The summed E-state index contributed by atoms with van der Waals surface area (Å²) in [6.45, 7) is 1.02. The molecule has 2 aromatic carbocycles. The molecule has 0 radical (unpaired) electrons. The van der Waals surface area contributed by atoms with Gasteiger partial charge in [0, 0.05) is 29.8 Å². The van der Waals surface area contributed by atoms with Crippen LogP contribution in [0.2, 0.25) is 5.02 Å². The number of benzene rings is 2. The maximum Gasteiger partial charge on any atom is 0.248 e. The molecule has 1 aromatic heterocycles. The first-order chi connectivity index (χ1) is 12.7. The number of fused-ring (bicyclic) bond motifs is 1. The summed E-state index contributed by atoms with van der Waals surface area (Å²) >= 11 is 6.08. The number of carbonyl (C=O) groups is 1. The van der Waals surface area contributed by atoms with E-state index >= 15 is 0 Å². The molecule has 26 heavy (non-hydrogen) atoms. The number of nitrogens with one attached hydrogen (secondary N) is 1. The third-order valence-corrected chi connectivity index (χ3v) is 4.83. The average molecular weight is 364 g/mol. The van der Waals surface area contributed by atoms with E-state index < -0.39 is 0 Å². The quantitative estimate of drug-likeness (QED) is 0.677. The van der Waals surface area contributed by atoms with Gasteiger partial charge < -0.3 is 9.88 Å². The normalized spacial score (nSPS) is 13.1. The minimum atomic E-state index is -0.192. The van der Waals surface area contributed by atoms with E-state index in [0.29, 0.717) is 5.02 Å². The highest BCUT2D eigenvalue weighted by molar-refractivity contribution is 6.32. The summed E-state index contributed by atoms with van der Waals surface area (Å²) in [6.07, 6.45) is 7.32. The van der Waals surface area contributed by atoms with E-state index in [9.17, 15) is 4.79 Å². The molecule has 4 nitrogen and oxygen atoms in total. The predicted octanol–water partition coefficient (Wildman–Crippen LogP) is 4.80. The van der Waals surface area contributed by atoms with E-state index in [-0.39, 0.29) is 5.91 Å². The molecule has 0 saturated heterocycles. The Kier molecular flexibility index (Phi) is 4.59. The predicted molar refractivity (Wildman–Crippen MR) is 105 cm³/mol. The summed E-state index contributed by atoms with van der Waals surface area (Å²) in [5.74, 6) is 0.963. The summed E-state index contributed by atoms with van der Waals surface area (Å²) in [4.78, 5) is 16.6. The lowest BCUT2D eigenvalue weighted by molar-refractivity contribution is -0.111. The van der Waals surface area contributed by atoms with Crippen molar-refractivity contribution in [2.45, 2.75) is 19.4 Å². The number of amides is 1. The van der Waals surface area contributed by atoms with Gasteiger partial charge in [0.15, 0.2) is 0 Å². The highest BCUT2D eigenvalue weighted by atomic mass is 35.5. The van der Waals surface area contributed by atoms with E-state index in [1.807, 2.05) is 48.7 Å². The van der Waals surface area contributed by atoms with E-state index in [4.69, 9.17) is 11.6 Å². The van der Waals surface area contributed by atoms with Crippen LogP contribution in [-0.2, 0) is 17.8 Å². The average Bonchev–Trinajstić information content (AvgIpc) is 3.25. The van der Waals surface area contributed by atoms with Crippen LogP contribution in [0.4, 0.5) is 5.69 Å². The Hall–Kier alpha value is -2.85. The highest BCUT2D eigenvalue weighted by Crippen LogP contribution is 2.26. The van der Waals surface area contributed by atoms with E-state index in [1.165, 1.54) is 6.08 Å². The summed E-state index contributed by atoms with van der Waals surface area (Å²) in [6, 6.07) is 15.2. The third-order valence-electron chi connectivity index (χ3n) is 4.49. The number of carbonyl (C=O) groups excluding carboxylic acids is 1. The van der Waals surface area contributed by atoms with Crippen molar-refractivity contribution in [3.63, 3.8) is 0 Å². The number of hydrogen-bond acceptors (Lipinski definition) is 2. The lowest BCUT2D eigenvalue weighted by atomic mass is 10.1. The Morgan fingerprint density at radius 2 is 1.96 bits per heavy atom. The number of halogens is 1. The topological polar surface area (TPSA) is 46.9 Å². The number of nitrogens with zero attached hydrogens (tertiary/aromatic N) is 2. The van der Waals surface area contributed by atoms with Crippen molar-refractivity contribution in [3.8, 4) is 11.3 Å². The van der Waals surface area contributed by atoms with Crippen LogP contribution in [-0.4, -0.2) is 15.5 Å². The molecule has 0 unspecified atom stereocenters. The van der Waals surface area contributed by atoms with Crippen LogP contribution in [0.15, 0.2) is 60.8 Å². The van der Waals surface area contributed by atoms with Crippen molar-refractivity contribution < 1.29 is 4.79 Å². The van der Waals surface area contributed by atoms with Crippen molar-refractivity contribution in [1.82, 2.24) is 9.55 Å². The lowest BCUT2D eigenvalue weighted by Gasteiger charge is -2.07. The molecule has 0 saturated carbocycles. The molecule has 130 valence electrons. The first-order valence-electron chi connectivity index (χ1n) is 8.59. The van der Waals surface area contributed by atoms with E-state index in [0.717, 1.165) is 47.7 Å². The minimum Gasteiger partial charge on any atom is -0.328 e. The molecule has 1 aliphatic rings. The highest BCUT2D eigenvalue weighted by Gasteiger charge is 2.16. The number of hydrogen-bond donors (Lipinski definition) is 1. The molecule has 0 spiro atoms. The largest absolute Gasteiger partial charge is 0.328 e. The van der Waals surface area contributed by atoms with Gasteiger partial charge in [-0.3, -0.25) is 4.79 Å². The van der Waals surface area contributed by atoms with Crippen LogP contribution in [0, 0.1) is 0 Å². The van der Waals surface area contributed by atoms with Gasteiger partial charge in [0.2, 0.25) is 5.91 Å². The minimum absolute atomic E-state index is 0.192. The standard InChI is InChI=1S/C21H18ClN3O/c22-18-5-2-1-4-15(18)9-12-21(26)24-17-10-7-16(8-11-17)19-14-23-20-6-3-13-25(19)20/h1-2,4-5,7-12,14H,3,6,13H2,(H,24,26)/b12-9+. The van der Waals surface area contributed by atoms with Gasteiger partial charge in [-0.15, -0.1) is 0 Å². The Morgan fingerprint density at radius 1 is 1.15 bits per heavy atom. The zero-order valence-corrected chi connectivity index (χ0v) is 14.9. The molecule has 2 heterocycles. The fourth-order valence-corrected chi connectivity index (χ4v) is 3.37. The molecule has 0 fully saturated rings. The Morgan fingerprint density at radius 3 is 2.77 bits per heavy atom. The van der Waals surface area contributed by atoms with Crippen LogP contribution in [0.25, 0.3) is 17.3 Å². The van der Waals surface area contributed by atoms with Crippen LogP contribution < -0.4 is 5.32 Å². The molecule has 0 atom stereocenters. The fraction of sp³-hybridized carbons (Fsp3) is 0.143. The fourth-order valence-electron chi connectivity index (χ4n) is 3.17. The first-order valence-corrected chi connectivity index (χ1v) is 8.97. The van der Waals surface area contributed by atoms with Gasteiger partial charge in [-0.2, -0.15) is 0 Å². The van der Waals surface area contributed by atoms with Crippen LogP contribution in [0.1, 0.15) is 17.8 Å². The molecule has 1 N–H and O–H groups in total. The Balaban J connectivity index is 1.44. The zero-order valence-electron chi connectivity index (χ0n) is 14.2. The molecule has 3 aromatic rings. The van der Waals surface area contributed by atoms with Crippen molar-refractivity contribution in [3.05, 3.63) is 77.2 Å². The summed E-state index contributed by atoms with van der Waals surface area (Å²) < 4.78 is 2.26. The van der Waals surface area contributed by atoms with Crippen molar-refractivity contribution in [2.24, 2.45) is 0 Å². The first kappa shape index (κ1) is 16.6. The van der Waals surface area contributed by atoms with Gasteiger partial charge in [-0.25, -0.2) is 4.98 Å². The summed E-state index contributed by atoms with van der Waals surface area (Å²) in [7, 11) is 0. The lowest BCUT2D eigenvalue weighted by Crippen LogP contribution is -2.07. The van der Waals surface area contributed by atoms with Crippen molar-refractivity contribution in [1.29, 1.82) is 0 Å². The van der Waals surface area contributed by atoms with Gasteiger partial charge in [0.25, 0.3) is 0 Å². The second-order valence-electron chi connectivity index (χ2n) is 6.24. The van der Waals surface area contributed by atoms with Crippen molar-refractivity contribution >= 4 is 29.3 Å². The van der Waals surface area contributed by atoms with Gasteiger partial charge in [-0.1, -0.05) is 41.9 Å². The van der Waals surface area contributed by atoms with Crippen LogP contribution in [0.5, 0.6) is 0 Å². The molecule has 4 rings (SSSR count). The van der Waals surface area contributed by atoms with Gasteiger partial charge in [-0.05, 0) is 41.8 Å². The number of rotatable bonds is 4. The smallest absolute Gasteiger partial charge is 0.248 e. The van der Waals surface area contributed by atoms with E-state index in [2.05, 4.69) is 14.9 Å². The molecular weight excluding hydrogens is 346 g/mol. The monoisotopic (exact) mass is 363 g/mol. The molecule has 1 amide bonds. The molecule has 0 aliphatic carbocycles. The molecule has 5 heteroatoms. The van der Waals surface area contributed by atoms with Crippen molar-refractivity contribution in [2.75, 3.05) is 5.32 Å². The molecular formula is C21H18ClN3O. The van der Waals surface area contributed by atoms with Crippen LogP contribution in [0.3, 0.4) is 0 Å². The molecule has 1 aliphatic heterocycles. The number of anilines is 1. The maximum absolute atomic E-state index is 12.1. The van der Waals surface area contributed by atoms with E-state index in [1.54, 1.807) is 12.1 Å². The molecule has 0 bridgehead atoms. The second-order valence-corrected chi connectivity index (χ2v) is 6.64. The zero-order chi connectivity index (χ0) is 17.9. The maximum atomic E-state index is 12.1. The van der Waals surface area contributed by atoms with Gasteiger partial charge in [0.05, 0.1) is 11.9 Å². The summed E-state index contributed by atoms with van der Waals surface area (Å²) in [5.41, 5.74) is 3.81. The number of aryl methyl sites for hydroxylation is 1. The number of aromatic nitrogens is 2.